The van der Waals surface area contributed by atoms with E-state index in [1.54, 1.807) is 0 Å². The third-order valence-electron chi connectivity index (χ3n) is 4.39. The van der Waals surface area contributed by atoms with Crippen LogP contribution in [0.5, 0.6) is 5.75 Å². The number of ether oxygens (including phenoxy) is 2. The Morgan fingerprint density at radius 2 is 1.26 bits per heavy atom. The first-order valence-electron chi connectivity index (χ1n) is 10.6. The van der Waals surface area contributed by atoms with E-state index >= 15 is 0 Å². The standard InChI is InChI=1S/C23H25N2O13.Y/c1-13(2)23(36)38-8-4-7-37-15-6-3-5-14(21(34)24(9-16(26)27)10-17(28)29)20(15)22(35)25(11-18(30)31)12-19(32)33;/h3-6H,1,7-12H2,2H3,(H,26,27)(H,28,29)(H,30,31)(H,32,33);/q-1;+3. The Hall–Kier alpha value is -3.85. The summed E-state index contributed by atoms with van der Waals surface area (Å²) in [6.07, 6.45) is 1.32. The number of benzene rings is 1. The minimum atomic E-state index is -1.57. The van der Waals surface area contributed by atoms with E-state index in [-0.39, 0.29) is 57.2 Å². The fraction of sp³-hybridized carbons (Fsp3) is 0.304. The Balaban J connectivity index is 0.0000144. The molecule has 16 heteroatoms. The number of esters is 1. The van der Waals surface area contributed by atoms with Gasteiger partial charge in [0, 0.05) is 5.57 Å². The molecule has 1 aromatic carbocycles. The first kappa shape index (κ1) is 35.2. The molecule has 0 saturated heterocycles. The first-order valence-corrected chi connectivity index (χ1v) is 10.6. The van der Waals surface area contributed by atoms with Crippen molar-refractivity contribution in [3.8, 4) is 5.75 Å². The van der Waals surface area contributed by atoms with E-state index in [0.29, 0.717) is 9.80 Å². The molecule has 0 aliphatic rings. The number of nitrogens with zero attached hydrogens (tertiary/aromatic N) is 2. The van der Waals surface area contributed by atoms with Gasteiger partial charge in [0.05, 0.1) is 11.1 Å². The van der Waals surface area contributed by atoms with Crippen molar-refractivity contribution in [1.29, 1.82) is 0 Å². The Morgan fingerprint density at radius 3 is 1.69 bits per heavy atom. The number of aliphatic carboxylic acids is 4. The zero-order valence-corrected chi connectivity index (χ0v) is 23.5. The maximum Gasteiger partial charge on any atom is 3.00 e. The summed E-state index contributed by atoms with van der Waals surface area (Å²) in [4.78, 5) is 83.6. The van der Waals surface area contributed by atoms with E-state index < -0.39 is 79.0 Å². The zero-order chi connectivity index (χ0) is 29.0. The van der Waals surface area contributed by atoms with E-state index in [1.807, 2.05) is 0 Å². The summed E-state index contributed by atoms with van der Waals surface area (Å²) >= 11 is 0. The van der Waals surface area contributed by atoms with Crippen molar-refractivity contribution < 1.29 is 96.2 Å². The van der Waals surface area contributed by atoms with E-state index in [0.717, 1.165) is 6.07 Å². The van der Waals surface area contributed by atoms with Crippen LogP contribution in [0.2, 0.25) is 0 Å². The molecule has 15 nitrogen and oxygen atoms in total. The molecular weight excluding hydrogens is 601 g/mol. The molecule has 0 aliphatic heterocycles. The quantitative estimate of drug-likeness (QED) is 0.0795. The third-order valence-corrected chi connectivity index (χ3v) is 4.39. The normalized spacial score (nSPS) is 9.87. The van der Waals surface area contributed by atoms with Gasteiger partial charge in [-0.15, -0.1) is 0 Å². The van der Waals surface area contributed by atoms with Crippen molar-refractivity contribution >= 4 is 41.7 Å². The number of carbonyl (C=O) groups excluding carboxylic acids is 3. The van der Waals surface area contributed by atoms with Gasteiger partial charge in [-0.2, -0.15) is 0 Å². The van der Waals surface area contributed by atoms with Crippen LogP contribution in [-0.2, 0) is 61.4 Å². The fourth-order valence-electron chi connectivity index (χ4n) is 2.89. The van der Waals surface area contributed by atoms with Crippen LogP contribution in [0.25, 0.3) is 0 Å². The second-order valence-electron chi connectivity index (χ2n) is 7.55. The van der Waals surface area contributed by atoms with Crippen molar-refractivity contribution in [1.82, 2.24) is 9.80 Å². The summed E-state index contributed by atoms with van der Waals surface area (Å²) in [5.41, 5.74) is -1.06. The molecule has 0 saturated carbocycles. The van der Waals surface area contributed by atoms with Gasteiger partial charge in [-0.05, 0) is 32.3 Å². The summed E-state index contributed by atoms with van der Waals surface area (Å²) in [6.45, 7) is 0.0230. The molecular formula is C23H25N2O13Y+2. The van der Waals surface area contributed by atoms with Gasteiger partial charge in [-0.3, -0.25) is 35.2 Å². The van der Waals surface area contributed by atoms with E-state index in [1.165, 1.54) is 25.5 Å². The minimum Gasteiger partial charge on any atom is -0.524 e. The summed E-state index contributed by atoms with van der Waals surface area (Å²) in [6, 6.07) is 3.45. The van der Waals surface area contributed by atoms with Gasteiger partial charge >= 0.3 is 62.6 Å². The molecule has 0 fully saturated rings. The molecule has 0 aromatic heterocycles. The van der Waals surface area contributed by atoms with Crippen molar-refractivity contribution in [2.75, 3.05) is 39.4 Å². The molecule has 0 radical (unpaired) electrons. The number of carboxylic acid groups (broad SMARTS) is 4. The number of carbonyl (C=O) groups is 7. The minimum absolute atomic E-state index is 0. The number of carboxylic acids is 4. The smallest absolute Gasteiger partial charge is 0.524 e. The first-order chi connectivity index (χ1) is 17.7. The van der Waals surface area contributed by atoms with Gasteiger partial charge in [0.15, 0.2) is 0 Å². The molecule has 2 amide bonds. The molecule has 4 N–H and O–H groups in total. The maximum atomic E-state index is 13.3. The van der Waals surface area contributed by atoms with Crippen molar-refractivity contribution in [2.45, 2.75) is 6.92 Å². The Kier molecular flexibility index (Phi) is 15.2. The number of rotatable bonds is 16. The van der Waals surface area contributed by atoms with Gasteiger partial charge in [-0.25, -0.2) is 4.79 Å². The second-order valence-corrected chi connectivity index (χ2v) is 7.55. The van der Waals surface area contributed by atoms with Crippen LogP contribution in [0.1, 0.15) is 27.6 Å². The Bertz CT molecular complexity index is 1100. The van der Waals surface area contributed by atoms with Crippen LogP contribution in [-0.4, -0.2) is 111 Å². The fourth-order valence-corrected chi connectivity index (χ4v) is 2.89. The summed E-state index contributed by atoms with van der Waals surface area (Å²) < 4.78 is 10.3. The maximum absolute atomic E-state index is 13.3. The molecule has 1 rings (SSSR count). The van der Waals surface area contributed by atoms with Crippen LogP contribution in [0.15, 0.2) is 30.4 Å². The molecule has 1 aromatic rings. The van der Waals surface area contributed by atoms with Gasteiger partial charge in [-0.1, -0.05) is 12.6 Å². The van der Waals surface area contributed by atoms with E-state index in [9.17, 15) is 33.6 Å². The second kappa shape index (κ2) is 16.9. The molecule has 0 aliphatic carbocycles. The zero-order valence-electron chi connectivity index (χ0n) is 20.7. The average Bonchev–Trinajstić information content (AvgIpc) is 2.80. The van der Waals surface area contributed by atoms with Crippen LogP contribution in [0.3, 0.4) is 0 Å². The molecule has 39 heavy (non-hydrogen) atoms. The average molecular weight is 626 g/mol. The summed E-state index contributed by atoms with van der Waals surface area (Å²) in [5.74, 6) is -9.78. The SMILES string of the molecule is C=C(C)C(=O)OC[CH-]COc1cccc(C(=O)N(CC(=O)O)CC(=O)O)c1C(=O)N(CC(=O)O)CC(=O)O.[Y+3]. The predicted octanol–water partition coefficient (Wildman–Crippen LogP) is -0.391. The Morgan fingerprint density at radius 1 is 0.795 bits per heavy atom. The van der Waals surface area contributed by atoms with Crippen LogP contribution >= 0.6 is 0 Å². The monoisotopic (exact) mass is 626 g/mol. The predicted molar refractivity (Wildman–Crippen MR) is 124 cm³/mol. The van der Waals surface area contributed by atoms with E-state index in [4.69, 9.17) is 29.9 Å². The molecule has 0 bridgehead atoms. The third kappa shape index (κ3) is 12.0. The number of hydrogen-bond acceptors (Lipinski definition) is 9. The molecule has 0 atom stereocenters. The van der Waals surface area contributed by atoms with Crippen molar-refractivity contribution in [3.05, 3.63) is 47.9 Å². The van der Waals surface area contributed by atoms with Gasteiger partial charge in [0.2, 0.25) is 0 Å². The number of amides is 2. The van der Waals surface area contributed by atoms with Crippen LogP contribution in [0.4, 0.5) is 0 Å². The number of hydrogen-bond donors (Lipinski definition) is 4. The molecule has 0 spiro atoms. The van der Waals surface area contributed by atoms with Gasteiger partial charge < -0.3 is 39.7 Å². The van der Waals surface area contributed by atoms with Crippen molar-refractivity contribution in [3.63, 3.8) is 0 Å². The summed E-state index contributed by atoms with van der Waals surface area (Å²) in [5, 5.41) is 36.4. The van der Waals surface area contributed by atoms with Gasteiger partial charge in [0.25, 0.3) is 11.8 Å². The topological polar surface area (TPSA) is 225 Å². The van der Waals surface area contributed by atoms with Crippen LogP contribution in [0, 0.1) is 6.42 Å². The largest absolute Gasteiger partial charge is 3.00 e. The van der Waals surface area contributed by atoms with Crippen molar-refractivity contribution in [2.24, 2.45) is 0 Å². The molecule has 206 valence electrons. The summed E-state index contributed by atoms with van der Waals surface area (Å²) in [7, 11) is 0. The molecule has 0 unspecified atom stereocenters. The van der Waals surface area contributed by atoms with Crippen LogP contribution < -0.4 is 4.74 Å². The van der Waals surface area contributed by atoms with E-state index in [2.05, 4.69) is 6.58 Å². The molecule has 0 heterocycles. The van der Waals surface area contributed by atoms with Gasteiger partial charge in [0.1, 0.15) is 31.9 Å². The Labute approximate surface area is 246 Å².